The number of nitrogens with zero attached hydrogens (tertiary/aromatic N) is 2. The number of fused-ring (bicyclic) bond motifs is 3. The molecule has 1 heterocycles. The minimum Gasteiger partial charge on any atom is -0.311 e. The Bertz CT molecular complexity index is 2120. The molecule has 1 aromatic heterocycles. The Balaban J connectivity index is 1.35. The van der Waals surface area contributed by atoms with Gasteiger partial charge in [-0.2, -0.15) is 0 Å². The highest BCUT2D eigenvalue weighted by Crippen LogP contribution is 2.45. The number of hydrogen-bond acceptors (Lipinski definition) is 2. The lowest BCUT2D eigenvalue weighted by atomic mass is 9.85. The van der Waals surface area contributed by atoms with Gasteiger partial charge >= 0.3 is 0 Å². The summed E-state index contributed by atoms with van der Waals surface area (Å²) >= 11 is 0. The van der Waals surface area contributed by atoms with Crippen LogP contribution in [0, 0.1) is 0 Å². The average molecular weight is 549 g/mol. The van der Waals surface area contributed by atoms with Crippen LogP contribution in [-0.4, -0.2) is 4.98 Å². The van der Waals surface area contributed by atoms with E-state index in [9.17, 15) is 0 Å². The van der Waals surface area contributed by atoms with Crippen LogP contribution in [0.15, 0.2) is 170 Å². The van der Waals surface area contributed by atoms with E-state index in [-0.39, 0.29) is 0 Å². The van der Waals surface area contributed by atoms with Gasteiger partial charge in [0.2, 0.25) is 0 Å². The van der Waals surface area contributed by atoms with Crippen molar-refractivity contribution in [2.24, 2.45) is 0 Å². The molecule has 0 aliphatic heterocycles. The number of benzene rings is 7. The number of anilines is 3. The molecule has 0 atom stereocenters. The Morgan fingerprint density at radius 3 is 1.35 bits per heavy atom. The van der Waals surface area contributed by atoms with Crippen LogP contribution in [0.2, 0.25) is 0 Å². The van der Waals surface area contributed by atoms with Gasteiger partial charge in [0, 0.05) is 28.6 Å². The molecule has 0 saturated carbocycles. The molecule has 8 aromatic rings. The van der Waals surface area contributed by atoms with E-state index < -0.39 is 0 Å². The zero-order valence-corrected chi connectivity index (χ0v) is 23.6. The number of hydrogen-bond donors (Lipinski definition) is 0. The van der Waals surface area contributed by atoms with Gasteiger partial charge in [-0.1, -0.05) is 115 Å². The van der Waals surface area contributed by atoms with Crippen LogP contribution in [0.1, 0.15) is 0 Å². The Morgan fingerprint density at radius 1 is 0.349 bits per heavy atom. The summed E-state index contributed by atoms with van der Waals surface area (Å²) in [6, 6.07) is 58.3. The number of pyridine rings is 1. The molecule has 0 N–H and O–H groups in total. The largest absolute Gasteiger partial charge is 0.311 e. The SMILES string of the molecule is c1ccc(N(c2ccccc2)c2ccc(-c3c4ccccc4c(-c4ccnc5ccccc45)c4ccccc34)cc2)cc1. The highest BCUT2D eigenvalue weighted by Gasteiger charge is 2.18. The van der Waals surface area contributed by atoms with Crippen molar-refractivity contribution in [3.63, 3.8) is 0 Å². The molecule has 8 rings (SSSR count). The quantitative estimate of drug-likeness (QED) is 0.199. The lowest BCUT2D eigenvalue weighted by molar-refractivity contribution is 1.28. The van der Waals surface area contributed by atoms with Crippen LogP contribution in [0.25, 0.3) is 54.7 Å². The van der Waals surface area contributed by atoms with Crippen molar-refractivity contribution in [2.75, 3.05) is 4.90 Å². The van der Waals surface area contributed by atoms with Gasteiger partial charge in [-0.15, -0.1) is 0 Å². The number of rotatable bonds is 5. The van der Waals surface area contributed by atoms with E-state index in [1.54, 1.807) is 0 Å². The maximum absolute atomic E-state index is 4.65. The zero-order valence-electron chi connectivity index (χ0n) is 23.6. The molecule has 0 unspecified atom stereocenters. The van der Waals surface area contributed by atoms with Gasteiger partial charge in [0.15, 0.2) is 0 Å². The molecule has 0 radical (unpaired) electrons. The summed E-state index contributed by atoms with van der Waals surface area (Å²) in [7, 11) is 0. The Labute approximate surface area is 251 Å². The second-order valence-corrected chi connectivity index (χ2v) is 10.8. The van der Waals surface area contributed by atoms with Crippen molar-refractivity contribution in [3.05, 3.63) is 170 Å². The van der Waals surface area contributed by atoms with Crippen LogP contribution in [0.3, 0.4) is 0 Å². The van der Waals surface area contributed by atoms with E-state index in [1.807, 2.05) is 6.20 Å². The summed E-state index contributed by atoms with van der Waals surface area (Å²) in [5.74, 6) is 0. The topological polar surface area (TPSA) is 16.1 Å². The summed E-state index contributed by atoms with van der Waals surface area (Å²) in [5, 5.41) is 6.14. The molecule has 0 fully saturated rings. The molecule has 202 valence electrons. The van der Waals surface area contributed by atoms with Crippen molar-refractivity contribution in [1.29, 1.82) is 0 Å². The molecule has 7 aromatic carbocycles. The third-order valence-corrected chi connectivity index (χ3v) is 8.29. The van der Waals surface area contributed by atoms with Crippen LogP contribution in [0.4, 0.5) is 17.1 Å². The molecular formula is C41H28N2. The molecule has 2 nitrogen and oxygen atoms in total. The highest BCUT2D eigenvalue weighted by atomic mass is 15.1. The van der Waals surface area contributed by atoms with Crippen LogP contribution < -0.4 is 4.90 Å². The van der Waals surface area contributed by atoms with Gasteiger partial charge in [-0.05, 0) is 92.3 Å². The second-order valence-electron chi connectivity index (χ2n) is 10.8. The lowest BCUT2D eigenvalue weighted by Gasteiger charge is -2.25. The molecule has 0 aliphatic rings. The average Bonchev–Trinajstić information content (AvgIpc) is 3.08. The normalized spacial score (nSPS) is 11.3. The van der Waals surface area contributed by atoms with Gasteiger partial charge in [-0.25, -0.2) is 0 Å². The fraction of sp³-hybridized carbons (Fsp3) is 0. The van der Waals surface area contributed by atoms with Crippen LogP contribution in [-0.2, 0) is 0 Å². The summed E-state index contributed by atoms with van der Waals surface area (Å²) in [6.07, 6.45) is 1.93. The van der Waals surface area contributed by atoms with Gasteiger partial charge in [0.25, 0.3) is 0 Å². The minimum atomic E-state index is 1.01. The predicted molar refractivity (Wildman–Crippen MR) is 182 cm³/mol. The van der Waals surface area contributed by atoms with Crippen LogP contribution in [0.5, 0.6) is 0 Å². The van der Waals surface area contributed by atoms with E-state index in [1.165, 1.54) is 49.2 Å². The smallest absolute Gasteiger partial charge is 0.0708 e. The standard InChI is InChI=1S/C41H28N2/c1-3-13-30(14-4-1)43(31-15-5-2-6-16-31)32-25-23-29(24-26-32)40-34-18-7-9-20-36(34)41(37-21-10-8-19-35(37)40)38-27-28-42-39-22-12-11-17-33(38)39/h1-28H. The Hall–Kier alpha value is -5.73. The molecule has 0 spiro atoms. The van der Waals surface area contributed by atoms with E-state index in [4.69, 9.17) is 0 Å². The van der Waals surface area contributed by atoms with Crippen molar-refractivity contribution in [3.8, 4) is 22.3 Å². The third kappa shape index (κ3) is 4.32. The van der Waals surface area contributed by atoms with Gasteiger partial charge in [-0.3, -0.25) is 4.98 Å². The summed E-state index contributed by atoms with van der Waals surface area (Å²) in [4.78, 5) is 6.96. The number of aromatic nitrogens is 1. The van der Waals surface area contributed by atoms with E-state index in [2.05, 4.69) is 174 Å². The van der Waals surface area contributed by atoms with Gasteiger partial charge < -0.3 is 4.90 Å². The first-order valence-corrected chi connectivity index (χ1v) is 14.6. The Kier molecular flexibility index (Phi) is 6.16. The molecule has 0 amide bonds. The predicted octanol–water partition coefficient (Wildman–Crippen LogP) is 11.3. The minimum absolute atomic E-state index is 1.01. The van der Waals surface area contributed by atoms with E-state index in [0.29, 0.717) is 0 Å². The first-order valence-electron chi connectivity index (χ1n) is 14.6. The van der Waals surface area contributed by atoms with Crippen molar-refractivity contribution < 1.29 is 0 Å². The molecule has 2 heteroatoms. The molecular weight excluding hydrogens is 520 g/mol. The van der Waals surface area contributed by atoms with Crippen LogP contribution >= 0.6 is 0 Å². The fourth-order valence-electron chi connectivity index (χ4n) is 6.42. The molecule has 0 saturated heterocycles. The first kappa shape index (κ1) is 25.0. The van der Waals surface area contributed by atoms with E-state index >= 15 is 0 Å². The van der Waals surface area contributed by atoms with Gasteiger partial charge in [0.05, 0.1) is 5.52 Å². The zero-order chi connectivity index (χ0) is 28.6. The lowest BCUT2D eigenvalue weighted by Crippen LogP contribution is -2.09. The first-order chi connectivity index (χ1) is 21.4. The van der Waals surface area contributed by atoms with Crippen molar-refractivity contribution in [1.82, 2.24) is 4.98 Å². The monoisotopic (exact) mass is 548 g/mol. The summed E-state index contributed by atoms with van der Waals surface area (Å²) in [5.41, 5.74) is 9.31. The highest BCUT2D eigenvalue weighted by molar-refractivity contribution is 6.23. The number of para-hydroxylation sites is 3. The maximum Gasteiger partial charge on any atom is 0.0708 e. The molecule has 43 heavy (non-hydrogen) atoms. The van der Waals surface area contributed by atoms with Gasteiger partial charge in [0.1, 0.15) is 0 Å². The fourth-order valence-corrected chi connectivity index (χ4v) is 6.42. The third-order valence-electron chi connectivity index (χ3n) is 8.29. The van der Waals surface area contributed by atoms with Crippen molar-refractivity contribution >= 4 is 49.5 Å². The second kappa shape index (κ2) is 10.6. The molecule has 0 aliphatic carbocycles. The summed E-state index contributed by atoms with van der Waals surface area (Å²) < 4.78 is 0. The summed E-state index contributed by atoms with van der Waals surface area (Å²) in [6.45, 7) is 0. The van der Waals surface area contributed by atoms with Crippen molar-refractivity contribution in [2.45, 2.75) is 0 Å². The Morgan fingerprint density at radius 2 is 0.791 bits per heavy atom. The molecule has 0 bridgehead atoms. The van der Waals surface area contributed by atoms with E-state index in [0.717, 1.165) is 22.6 Å². The maximum atomic E-state index is 4.65.